The number of nitrogens with zero attached hydrogens (tertiary/aromatic N) is 4. The molecule has 0 saturated heterocycles. The highest BCUT2D eigenvalue weighted by atomic mass is 16.5. The van der Waals surface area contributed by atoms with Crippen LogP contribution in [0.15, 0.2) is 6.07 Å². The van der Waals surface area contributed by atoms with Crippen LogP contribution in [0.1, 0.15) is 36.8 Å². The molecule has 2 aromatic heterocycles. The van der Waals surface area contributed by atoms with E-state index in [9.17, 15) is 0 Å². The second kappa shape index (κ2) is 4.87. The first-order chi connectivity index (χ1) is 8.88. The normalized spacial score (nSPS) is 11.1. The van der Waals surface area contributed by atoms with Gasteiger partial charge in [0.15, 0.2) is 0 Å². The van der Waals surface area contributed by atoms with Crippen molar-refractivity contribution in [3.8, 4) is 11.8 Å². The van der Waals surface area contributed by atoms with Gasteiger partial charge in [-0.15, -0.1) is 0 Å². The van der Waals surface area contributed by atoms with E-state index >= 15 is 0 Å². The number of hydrogen-bond acceptors (Lipinski definition) is 5. The predicted molar refractivity (Wildman–Crippen MR) is 73.3 cm³/mol. The maximum absolute atomic E-state index is 5.90. The third-order valence-electron chi connectivity index (χ3n) is 2.83. The summed E-state index contributed by atoms with van der Waals surface area (Å²) >= 11 is 0. The summed E-state index contributed by atoms with van der Waals surface area (Å²) in [5.41, 5.74) is 7.53. The van der Waals surface area contributed by atoms with Gasteiger partial charge in [-0.2, -0.15) is 10.1 Å². The molecule has 0 aromatic carbocycles. The zero-order valence-corrected chi connectivity index (χ0v) is 11.9. The molecule has 6 nitrogen and oxygen atoms in total. The SMILES string of the molecule is Cc1cc(Oc2nc(C(C)C)nc(N)c2C)n(C)n1. The molecular formula is C13H19N5O. The van der Waals surface area contributed by atoms with Crippen LogP contribution in [0, 0.1) is 13.8 Å². The quantitative estimate of drug-likeness (QED) is 0.917. The Balaban J connectivity index is 2.41. The van der Waals surface area contributed by atoms with Gasteiger partial charge in [0, 0.05) is 19.0 Å². The first-order valence-electron chi connectivity index (χ1n) is 6.21. The number of aryl methyl sites for hydroxylation is 2. The molecule has 2 aromatic rings. The van der Waals surface area contributed by atoms with Gasteiger partial charge in [-0.1, -0.05) is 13.8 Å². The van der Waals surface area contributed by atoms with Crippen molar-refractivity contribution in [3.05, 3.63) is 23.1 Å². The van der Waals surface area contributed by atoms with Gasteiger partial charge in [-0.25, -0.2) is 9.67 Å². The highest BCUT2D eigenvalue weighted by Crippen LogP contribution is 2.27. The molecule has 0 fully saturated rings. The van der Waals surface area contributed by atoms with Gasteiger partial charge in [0.25, 0.3) is 0 Å². The Morgan fingerprint density at radius 1 is 1.26 bits per heavy atom. The van der Waals surface area contributed by atoms with Gasteiger partial charge in [0.2, 0.25) is 11.8 Å². The minimum atomic E-state index is 0.193. The van der Waals surface area contributed by atoms with Crippen LogP contribution >= 0.6 is 0 Å². The van der Waals surface area contributed by atoms with Crippen LogP contribution in [0.4, 0.5) is 5.82 Å². The van der Waals surface area contributed by atoms with Crippen molar-refractivity contribution in [2.75, 3.05) is 5.73 Å². The van der Waals surface area contributed by atoms with Gasteiger partial charge in [-0.3, -0.25) is 0 Å². The summed E-state index contributed by atoms with van der Waals surface area (Å²) in [6.07, 6.45) is 0. The molecule has 0 unspecified atom stereocenters. The molecule has 2 rings (SSSR count). The topological polar surface area (TPSA) is 78.9 Å². The van der Waals surface area contributed by atoms with Gasteiger partial charge < -0.3 is 10.5 Å². The summed E-state index contributed by atoms with van der Waals surface area (Å²) in [6.45, 7) is 7.79. The van der Waals surface area contributed by atoms with E-state index in [0.29, 0.717) is 23.4 Å². The standard InChI is InChI=1S/C13H19N5O/c1-7(2)12-15-11(14)9(4)13(16-12)19-10-6-8(3)17-18(10)5/h6-7H,1-5H3,(H2,14,15,16). The highest BCUT2D eigenvalue weighted by Gasteiger charge is 2.14. The average Bonchev–Trinajstić information content (AvgIpc) is 2.63. The number of anilines is 1. The highest BCUT2D eigenvalue weighted by molar-refractivity contribution is 5.45. The molecule has 2 N–H and O–H groups in total. The Morgan fingerprint density at radius 2 is 1.95 bits per heavy atom. The molecular weight excluding hydrogens is 242 g/mol. The van der Waals surface area contributed by atoms with E-state index in [-0.39, 0.29) is 5.92 Å². The number of aromatic nitrogens is 4. The number of nitrogen functional groups attached to an aromatic ring is 1. The fourth-order valence-corrected chi connectivity index (χ4v) is 1.67. The second-order valence-corrected chi connectivity index (χ2v) is 4.90. The van der Waals surface area contributed by atoms with Crippen molar-refractivity contribution in [2.45, 2.75) is 33.6 Å². The molecule has 0 spiro atoms. The van der Waals surface area contributed by atoms with E-state index in [0.717, 1.165) is 11.3 Å². The summed E-state index contributed by atoms with van der Waals surface area (Å²) in [6, 6.07) is 1.85. The third-order valence-corrected chi connectivity index (χ3v) is 2.83. The monoisotopic (exact) mass is 261 g/mol. The number of hydrogen-bond donors (Lipinski definition) is 1. The van der Waals surface area contributed by atoms with Crippen molar-refractivity contribution in [1.82, 2.24) is 19.7 Å². The van der Waals surface area contributed by atoms with Crippen LogP contribution in [0.3, 0.4) is 0 Å². The Bertz CT molecular complexity index is 603. The maximum Gasteiger partial charge on any atom is 0.229 e. The van der Waals surface area contributed by atoms with Crippen LogP contribution in [-0.2, 0) is 7.05 Å². The van der Waals surface area contributed by atoms with Crippen molar-refractivity contribution in [1.29, 1.82) is 0 Å². The van der Waals surface area contributed by atoms with E-state index in [1.54, 1.807) is 4.68 Å². The van der Waals surface area contributed by atoms with Crippen molar-refractivity contribution < 1.29 is 4.74 Å². The lowest BCUT2D eigenvalue weighted by Crippen LogP contribution is -2.07. The van der Waals surface area contributed by atoms with Gasteiger partial charge in [-0.05, 0) is 13.8 Å². The molecule has 0 aliphatic heterocycles. The summed E-state index contributed by atoms with van der Waals surface area (Å²) < 4.78 is 7.47. The van der Waals surface area contributed by atoms with E-state index in [4.69, 9.17) is 10.5 Å². The van der Waals surface area contributed by atoms with Crippen molar-refractivity contribution in [3.63, 3.8) is 0 Å². The first-order valence-corrected chi connectivity index (χ1v) is 6.21. The summed E-state index contributed by atoms with van der Waals surface area (Å²) in [4.78, 5) is 8.69. The van der Waals surface area contributed by atoms with E-state index in [1.807, 2.05) is 40.8 Å². The molecule has 0 radical (unpaired) electrons. The van der Waals surface area contributed by atoms with Crippen molar-refractivity contribution in [2.24, 2.45) is 7.05 Å². The smallest absolute Gasteiger partial charge is 0.229 e. The zero-order valence-electron chi connectivity index (χ0n) is 11.9. The zero-order chi connectivity index (χ0) is 14.2. The number of ether oxygens (including phenoxy) is 1. The number of nitrogens with two attached hydrogens (primary N) is 1. The molecule has 2 heterocycles. The van der Waals surface area contributed by atoms with Crippen molar-refractivity contribution >= 4 is 5.82 Å². The second-order valence-electron chi connectivity index (χ2n) is 4.90. The molecule has 0 aliphatic carbocycles. The van der Waals surface area contributed by atoms with E-state index < -0.39 is 0 Å². The van der Waals surface area contributed by atoms with E-state index in [1.165, 1.54) is 0 Å². The lowest BCUT2D eigenvalue weighted by atomic mass is 10.2. The number of rotatable bonds is 3. The van der Waals surface area contributed by atoms with Crippen LogP contribution in [-0.4, -0.2) is 19.7 Å². The van der Waals surface area contributed by atoms with Crippen LogP contribution in [0.2, 0.25) is 0 Å². The van der Waals surface area contributed by atoms with Gasteiger partial charge in [0.1, 0.15) is 11.6 Å². The molecule has 0 amide bonds. The molecule has 102 valence electrons. The lowest BCUT2D eigenvalue weighted by Gasteiger charge is -2.12. The maximum atomic E-state index is 5.90. The summed E-state index contributed by atoms with van der Waals surface area (Å²) in [5.74, 6) is 2.44. The third kappa shape index (κ3) is 2.67. The molecule has 0 bridgehead atoms. The summed E-state index contributed by atoms with van der Waals surface area (Å²) in [7, 11) is 1.82. The Labute approximate surface area is 112 Å². The molecule has 0 atom stereocenters. The minimum absolute atomic E-state index is 0.193. The fourth-order valence-electron chi connectivity index (χ4n) is 1.67. The van der Waals surface area contributed by atoms with E-state index in [2.05, 4.69) is 15.1 Å². The minimum Gasteiger partial charge on any atom is -0.420 e. The first kappa shape index (κ1) is 13.3. The largest absolute Gasteiger partial charge is 0.420 e. The Morgan fingerprint density at radius 3 is 2.47 bits per heavy atom. The van der Waals surface area contributed by atoms with Crippen LogP contribution in [0.25, 0.3) is 0 Å². The van der Waals surface area contributed by atoms with Gasteiger partial charge >= 0.3 is 0 Å². The Kier molecular flexibility index (Phi) is 3.42. The van der Waals surface area contributed by atoms with Crippen LogP contribution < -0.4 is 10.5 Å². The van der Waals surface area contributed by atoms with Crippen LogP contribution in [0.5, 0.6) is 11.8 Å². The fraction of sp³-hybridized carbons (Fsp3) is 0.462. The lowest BCUT2D eigenvalue weighted by molar-refractivity contribution is 0.409. The van der Waals surface area contributed by atoms with Gasteiger partial charge in [0.05, 0.1) is 11.3 Å². The summed E-state index contributed by atoms with van der Waals surface area (Å²) in [5, 5.41) is 4.23. The molecule has 0 saturated carbocycles. The molecule has 6 heteroatoms. The average molecular weight is 261 g/mol. The Hall–Kier alpha value is -2.11. The predicted octanol–water partition coefficient (Wildman–Crippen LogP) is 2.32. The molecule has 19 heavy (non-hydrogen) atoms. The molecule has 0 aliphatic rings.